The van der Waals surface area contributed by atoms with Crippen molar-refractivity contribution in [3.05, 3.63) is 59.4 Å². The highest BCUT2D eigenvalue weighted by Crippen LogP contribution is 2.29. The number of aromatic nitrogens is 1. The molecule has 2 rings (SSSR count). The molecule has 0 saturated carbocycles. The smallest absolute Gasteiger partial charge is 0.346 e. The van der Waals surface area contributed by atoms with E-state index in [4.69, 9.17) is 0 Å². The minimum Gasteiger partial charge on any atom is -0.346 e. The molecule has 0 aliphatic carbocycles. The highest BCUT2D eigenvalue weighted by Gasteiger charge is 2.29. The van der Waals surface area contributed by atoms with Crippen LogP contribution in [0.25, 0.3) is 0 Å². The van der Waals surface area contributed by atoms with Gasteiger partial charge < -0.3 is 9.88 Å². The van der Waals surface area contributed by atoms with Gasteiger partial charge in [-0.2, -0.15) is 13.2 Å². The molecule has 1 aromatic carbocycles. The van der Waals surface area contributed by atoms with Crippen LogP contribution in [-0.2, 0) is 12.7 Å². The Morgan fingerprint density at radius 3 is 2.38 bits per heavy atom. The van der Waals surface area contributed by atoms with Gasteiger partial charge in [0.15, 0.2) is 0 Å². The summed E-state index contributed by atoms with van der Waals surface area (Å²) >= 11 is 0. The molecular formula is C16H19F3N2. The molecule has 0 bridgehead atoms. The second-order valence-electron chi connectivity index (χ2n) is 5.04. The van der Waals surface area contributed by atoms with Crippen molar-refractivity contribution < 1.29 is 13.2 Å². The molecule has 21 heavy (non-hydrogen) atoms. The zero-order valence-electron chi connectivity index (χ0n) is 12.1. The van der Waals surface area contributed by atoms with Crippen molar-refractivity contribution in [1.29, 1.82) is 0 Å². The van der Waals surface area contributed by atoms with E-state index in [1.165, 1.54) is 12.1 Å². The van der Waals surface area contributed by atoms with Gasteiger partial charge in [0.25, 0.3) is 0 Å². The number of nitrogens with zero attached hydrogens (tertiary/aromatic N) is 1. The number of halogens is 3. The lowest BCUT2D eigenvalue weighted by Gasteiger charge is -2.16. The summed E-state index contributed by atoms with van der Waals surface area (Å²) in [6.07, 6.45) is -2.34. The summed E-state index contributed by atoms with van der Waals surface area (Å²) in [6.45, 7) is 5.55. The van der Waals surface area contributed by atoms with E-state index < -0.39 is 11.7 Å². The molecule has 0 amide bonds. The van der Waals surface area contributed by atoms with Crippen LogP contribution in [-0.4, -0.2) is 11.1 Å². The van der Waals surface area contributed by atoms with Gasteiger partial charge >= 0.3 is 6.18 Å². The van der Waals surface area contributed by atoms with Crippen molar-refractivity contribution in [1.82, 2.24) is 9.88 Å². The molecule has 1 unspecified atom stereocenters. The molecule has 2 aromatic rings. The fourth-order valence-corrected chi connectivity index (χ4v) is 2.37. The monoisotopic (exact) mass is 296 g/mol. The summed E-state index contributed by atoms with van der Waals surface area (Å²) in [5.74, 6) is 0. The van der Waals surface area contributed by atoms with E-state index in [0.717, 1.165) is 29.9 Å². The standard InChI is InChI=1S/C16H19F3N2/c1-3-20-12(2)15-5-4-10-21(15)11-13-6-8-14(9-7-13)16(17,18)19/h4-10,12,20H,3,11H2,1-2H3. The summed E-state index contributed by atoms with van der Waals surface area (Å²) in [7, 11) is 0. The Labute approximate surface area is 122 Å². The molecule has 1 aromatic heterocycles. The van der Waals surface area contributed by atoms with Crippen LogP contribution in [0.15, 0.2) is 42.6 Å². The number of hydrogen-bond acceptors (Lipinski definition) is 1. The van der Waals surface area contributed by atoms with Crippen molar-refractivity contribution in [3.8, 4) is 0 Å². The second kappa shape index (κ2) is 6.35. The van der Waals surface area contributed by atoms with E-state index in [1.807, 2.05) is 25.3 Å². The van der Waals surface area contributed by atoms with Gasteiger partial charge in [0.2, 0.25) is 0 Å². The molecule has 2 nitrogen and oxygen atoms in total. The van der Waals surface area contributed by atoms with Crippen LogP contribution in [0.3, 0.4) is 0 Å². The summed E-state index contributed by atoms with van der Waals surface area (Å²) in [4.78, 5) is 0. The van der Waals surface area contributed by atoms with Gasteiger partial charge in [-0.15, -0.1) is 0 Å². The molecule has 1 N–H and O–H groups in total. The predicted octanol–water partition coefficient (Wildman–Crippen LogP) is 4.23. The van der Waals surface area contributed by atoms with Crippen LogP contribution < -0.4 is 5.32 Å². The maximum atomic E-state index is 12.5. The fraction of sp³-hybridized carbons (Fsp3) is 0.375. The lowest BCUT2D eigenvalue weighted by molar-refractivity contribution is -0.137. The van der Waals surface area contributed by atoms with Crippen molar-refractivity contribution in [2.45, 2.75) is 32.6 Å². The quantitative estimate of drug-likeness (QED) is 0.874. The Hall–Kier alpha value is -1.75. The van der Waals surface area contributed by atoms with E-state index in [1.54, 1.807) is 0 Å². The molecule has 0 saturated heterocycles. The van der Waals surface area contributed by atoms with Gasteiger partial charge in [0.1, 0.15) is 0 Å². The molecule has 0 aliphatic heterocycles. The predicted molar refractivity (Wildman–Crippen MR) is 77.1 cm³/mol. The number of nitrogens with one attached hydrogen (secondary N) is 1. The van der Waals surface area contributed by atoms with Crippen LogP contribution in [0, 0.1) is 0 Å². The van der Waals surface area contributed by atoms with Crippen molar-refractivity contribution in [3.63, 3.8) is 0 Å². The minimum atomic E-state index is -4.28. The molecule has 1 atom stereocenters. The molecular weight excluding hydrogens is 277 g/mol. The number of rotatable bonds is 5. The van der Waals surface area contributed by atoms with E-state index >= 15 is 0 Å². The lowest BCUT2D eigenvalue weighted by Crippen LogP contribution is -2.20. The molecule has 1 heterocycles. The first-order valence-corrected chi connectivity index (χ1v) is 6.96. The molecule has 0 fully saturated rings. The molecule has 5 heteroatoms. The summed E-state index contributed by atoms with van der Waals surface area (Å²) in [6, 6.07) is 9.51. The Balaban J connectivity index is 2.14. The molecule has 0 aliphatic rings. The van der Waals surface area contributed by atoms with Gasteiger partial charge in [0.05, 0.1) is 5.56 Å². The molecule has 0 spiro atoms. The third-order valence-electron chi connectivity index (χ3n) is 3.45. The number of hydrogen-bond donors (Lipinski definition) is 1. The first-order valence-electron chi connectivity index (χ1n) is 6.96. The zero-order valence-corrected chi connectivity index (χ0v) is 12.1. The van der Waals surface area contributed by atoms with Crippen LogP contribution in [0.5, 0.6) is 0 Å². The van der Waals surface area contributed by atoms with Gasteiger partial charge in [-0.25, -0.2) is 0 Å². The van der Waals surface area contributed by atoms with Crippen LogP contribution >= 0.6 is 0 Å². The molecule has 114 valence electrons. The summed E-state index contributed by atoms with van der Waals surface area (Å²) in [5, 5.41) is 3.33. The van der Waals surface area contributed by atoms with Gasteiger partial charge in [-0.05, 0) is 43.3 Å². The van der Waals surface area contributed by atoms with E-state index in [9.17, 15) is 13.2 Å². The third-order valence-corrected chi connectivity index (χ3v) is 3.45. The zero-order chi connectivity index (χ0) is 15.5. The Bertz CT molecular complexity index is 570. The second-order valence-corrected chi connectivity index (χ2v) is 5.04. The minimum absolute atomic E-state index is 0.208. The maximum Gasteiger partial charge on any atom is 0.416 e. The lowest BCUT2D eigenvalue weighted by atomic mass is 10.1. The van der Waals surface area contributed by atoms with Gasteiger partial charge in [-0.3, -0.25) is 0 Å². The summed E-state index contributed by atoms with van der Waals surface area (Å²) < 4.78 is 39.7. The Kier molecular flexibility index (Phi) is 4.73. The van der Waals surface area contributed by atoms with Crippen LogP contribution in [0.2, 0.25) is 0 Å². The van der Waals surface area contributed by atoms with E-state index in [2.05, 4.69) is 16.8 Å². The largest absolute Gasteiger partial charge is 0.416 e. The first kappa shape index (κ1) is 15.6. The molecule has 0 radical (unpaired) electrons. The van der Waals surface area contributed by atoms with Gasteiger partial charge in [0, 0.05) is 24.5 Å². The van der Waals surface area contributed by atoms with Gasteiger partial charge in [-0.1, -0.05) is 19.1 Å². The Morgan fingerprint density at radius 2 is 1.81 bits per heavy atom. The normalized spacial score (nSPS) is 13.4. The Morgan fingerprint density at radius 1 is 1.14 bits per heavy atom. The topological polar surface area (TPSA) is 17.0 Å². The number of alkyl halides is 3. The SMILES string of the molecule is CCNC(C)c1cccn1Cc1ccc(C(F)(F)F)cc1. The van der Waals surface area contributed by atoms with Crippen LogP contribution in [0.4, 0.5) is 13.2 Å². The maximum absolute atomic E-state index is 12.5. The van der Waals surface area contributed by atoms with Crippen molar-refractivity contribution >= 4 is 0 Å². The average Bonchev–Trinajstić information content (AvgIpc) is 2.87. The van der Waals surface area contributed by atoms with E-state index in [-0.39, 0.29) is 6.04 Å². The highest BCUT2D eigenvalue weighted by molar-refractivity contribution is 5.25. The van der Waals surface area contributed by atoms with Crippen molar-refractivity contribution in [2.24, 2.45) is 0 Å². The summed E-state index contributed by atoms with van der Waals surface area (Å²) in [5.41, 5.74) is 1.36. The average molecular weight is 296 g/mol. The highest BCUT2D eigenvalue weighted by atomic mass is 19.4. The van der Waals surface area contributed by atoms with E-state index in [0.29, 0.717) is 6.54 Å². The fourth-order valence-electron chi connectivity index (χ4n) is 2.37. The third kappa shape index (κ3) is 3.88. The van der Waals surface area contributed by atoms with Crippen molar-refractivity contribution in [2.75, 3.05) is 6.54 Å². The first-order chi connectivity index (χ1) is 9.91. The van der Waals surface area contributed by atoms with Crippen LogP contribution in [0.1, 0.15) is 36.7 Å². The number of benzene rings is 1.